The number of ether oxygens (including phenoxy) is 1. The number of nitrogens with zero attached hydrogens (tertiary/aromatic N) is 1. The summed E-state index contributed by atoms with van der Waals surface area (Å²) in [4.78, 5) is 4.14. The van der Waals surface area contributed by atoms with Gasteiger partial charge in [0.05, 0.1) is 13.3 Å². The quantitative estimate of drug-likeness (QED) is 0.926. The van der Waals surface area contributed by atoms with Crippen LogP contribution in [0.3, 0.4) is 0 Å². The van der Waals surface area contributed by atoms with Crippen molar-refractivity contribution in [2.24, 2.45) is 5.41 Å². The Balaban J connectivity index is 1.70. The SMILES string of the molecule is COc1cncc(Br)c1CNC1CCCC12CC2. The van der Waals surface area contributed by atoms with Crippen LogP contribution < -0.4 is 10.1 Å². The minimum Gasteiger partial charge on any atom is -0.495 e. The standard InChI is InChI=1S/C14H19BrN2O/c1-18-12-9-16-8-11(15)10(12)7-17-13-3-2-4-14(13)5-6-14/h8-9,13,17H,2-7H2,1H3. The second-order valence-corrected chi connectivity index (χ2v) is 6.34. The van der Waals surface area contributed by atoms with E-state index < -0.39 is 0 Å². The minimum absolute atomic E-state index is 0.646. The van der Waals surface area contributed by atoms with Gasteiger partial charge in [-0.05, 0) is 47.0 Å². The molecule has 3 nitrogen and oxygen atoms in total. The number of halogens is 1. The summed E-state index contributed by atoms with van der Waals surface area (Å²) in [7, 11) is 1.70. The molecule has 1 aromatic heterocycles. The highest BCUT2D eigenvalue weighted by atomic mass is 79.9. The van der Waals surface area contributed by atoms with Crippen LogP contribution in [0.2, 0.25) is 0 Å². The first-order valence-corrected chi connectivity index (χ1v) is 7.44. The predicted octanol–water partition coefficient (Wildman–Crippen LogP) is 3.28. The first-order chi connectivity index (χ1) is 8.75. The van der Waals surface area contributed by atoms with E-state index in [9.17, 15) is 0 Å². The highest BCUT2D eigenvalue weighted by Gasteiger charge is 2.51. The van der Waals surface area contributed by atoms with E-state index in [0.717, 1.165) is 16.8 Å². The van der Waals surface area contributed by atoms with Gasteiger partial charge in [-0.3, -0.25) is 4.98 Å². The van der Waals surface area contributed by atoms with Gasteiger partial charge in [-0.1, -0.05) is 6.42 Å². The number of pyridine rings is 1. The highest BCUT2D eigenvalue weighted by Crippen LogP contribution is 2.57. The fourth-order valence-corrected chi connectivity index (χ4v) is 3.69. The van der Waals surface area contributed by atoms with E-state index in [1.807, 2.05) is 6.20 Å². The van der Waals surface area contributed by atoms with E-state index in [1.54, 1.807) is 13.3 Å². The number of methoxy groups -OCH3 is 1. The van der Waals surface area contributed by atoms with Crippen LogP contribution in [0.4, 0.5) is 0 Å². The summed E-state index contributed by atoms with van der Waals surface area (Å²) in [5, 5.41) is 3.73. The van der Waals surface area contributed by atoms with Gasteiger partial charge in [0.25, 0.3) is 0 Å². The zero-order valence-corrected chi connectivity index (χ0v) is 12.3. The maximum atomic E-state index is 5.38. The Bertz CT molecular complexity index is 445. The molecule has 1 atom stereocenters. The van der Waals surface area contributed by atoms with Gasteiger partial charge in [-0.2, -0.15) is 0 Å². The summed E-state index contributed by atoms with van der Waals surface area (Å²) in [6.07, 6.45) is 10.6. The van der Waals surface area contributed by atoms with Gasteiger partial charge in [0, 0.05) is 28.8 Å². The lowest BCUT2D eigenvalue weighted by Gasteiger charge is -2.21. The normalized spacial score (nSPS) is 24.4. The molecule has 18 heavy (non-hydrogen) atoms. The Labute approximate surface area is 116 Å². The molecule has 98 valence electrons. The molecule has 2 saturated carbocycles. The molecule has 1 unspecified atom stereocenters. The Hall–Kier alpha value is -0.610. The summed E-state index contributed by atoms with van der Waals surface area (Å²) in [6, 6.07) is 0.697. The van der Waals surface area contributed by atoms with Crippen molar-refractivity contribution >= 4 is 15.9 Å². The van der Waals surface area contributed by atoms with Crippen molar-refractivity contribution in [3.63, 3.8) is 0 Å². The number of hydrogen-bond donors (Lipinski definition) is 1. The molecule has 0 saturated heterocycles. The number of aromatic nitrogens is 1. The molecule has 0 amide bonds. The van der Waals surface area contributed by atoms with Crippen molar-refractivity contribution in [3.8, 4) is 5.75 Å². The summed E-state index contributed by atoms with van der Waals surface area (Å²) < 4.78 is 6.40. The third-order valence-electron chi connectivity index (χ3n) is 4.51. The molecule has 3 rings (SSSR count). The third kappa shape index (κ3) is 2.16. The van der Waals surface area contributed by atoms with Crippen molar-refractivity contribution in [2.75, 3.05) is 7.11 Å². The zero-order valence-electron chi connectivity index (χ0n) is 10.7. The molecule has 1 N–H and O–H groups in total. The Morgan fingerprint density at radius 2 is 2.28 bits per heavy atom. The Kier molecular flexibility index (Phi) is 3.32. The molecule has 0 aromatic carbocycles. The van der Waals surface area contributed by atoms with Crippen molar-refractivity contribution in [1.29, 1.82) is 0 Å². The zero-order chi connectivity index (χ0) is 12.6. The number of hydrogen-bond acceptors (Lipinski definition) is 3. The van der Waals surface area contributed by atoms with Crippen molar-refractivity contribution in [1.82, 2.24) is 10.3 Å². The molecular formula is C14H19BrN2O. The van der Waals surface area contributed by atoms with Crippen LogP contribution in [-0.4, -0.2) is 18.1 Å². The molecule has 0 aliphatic heterocycles. The molecule has 1 spiro atoms. The van der Waals surface area contributed by atoms with Crippen LogP contribution in [0, 0.1) is 5.41 Å². The topological polar surface area (TPSA) is 34.1 Å². The third-order valence-corrected chi connectivity index (χ3v) is 5.19. The second kappa shape index (κ2) is 4.82. The van der Waals surface area contributed by atoms with Gasteiger partial charge in [0.15, 0.2) is 0 Å². The van der Waals surface area contributed by atoms with E-state index in [2.05, 4.69) is 26.2 Å². The van der Waals surface area contributed by atoms with Crippen LogP contribution in [0.1, 0.15) is 37.7 Å². The fraction of sp³-hybridized carbons (Fsp3) is 0.643. The summed E-state index contributed by atoms with van der Waals surface area (Å²) in [5.41, 5.74) is 1.82. The number of nitrogens with one attached hydrogen (secondary N) is 1. The monoisotopic (exact) mass is 310 g/mol. The average molecular weight is 311 g/mol. The first-order valence-electron chi connectivity index (χ1n) is 6.65. The minimum atomic E-state index is 0.646. The predicted molar refractivity (Wildman–Crippen MR) is 74.6 cm³/mol. The molecule has 2 fully saturated rings. The molecule has 1 heterocycles. The van der Waals surface area contributed by atoms with Crippen LogP contribution in [-0.2, 0) is 6.54 Å². The molecule has 4 heteroatoms. The van der Waals surface area contributed by atoms with Gasteiger partial charge < -0.3 is 10.1 Å². The van der Waals surface area contributed by atoms with Gasteiger partial charge in [-0.15, -0.1) is 0 Å². The molecule has 1 aromatic rings. The van der Waals surface area contributed by atoms with Gasteiger partial charge in [-0.25, -0.2) is 0 Å². The molecule has 2 aliphatic rings. The van der Waals surface area contributed by atoms with E-state index in [0.29, 0.717) is 11.5 Å². The lowest BCUT2D eigenvalue weighted by Crippen LogP contribution is -2.33. The molecule has 0 radical (unpaired) electrons. The van der Waals surface area contributed by atoms with E-state index in [-0.39, 0.29) is 0 Å². The summed E-state index contributed by atoms with van der Waals surface area (Å²) in [5.74, 6) is 0.861. The van der Waals surface area contributed by atoms with E-state index in [4.69, 9.17) is 4.74 Å². The summed E-state index contributed by atoms with van der Waals surface area (Å²) >= 11 is 3.56. The van der Waals surface area contributed by atoms with Crippen molar-refractivity contribution < 1.29 is 4.74 Å². The van der Waals surface area contributed by atoms with Crippen LogP contribution in [0.15, 0.2) is 16.9 Å². The number of rotatable bonds is 4. The van der Waals surface area contributed by atoms with Crippen molar-refractivity contribution in [2.45, 2.75) is 44.7 Å². The maximum absolute atomic E-state index is 5.38. The lowest BCUT2D eigenvalue weighted by molar-refractivity contribution is 0.369. The van der Waals surface area contributed by atoms with E-state index >= 15 is 0 Å². The largest absolute Gasteiger partial charge is 0.495 e. The Morgan fingerprint density at radius 1 is 1.44 bits per heavy atom. The molecular weight excluding hydrogens is 292 g/mol. The van der Waals surface area contributed by atoms with E-state index in [1.165, 1.54) is 37.7 Å². The van der Waals surface area contributed by atoms with Crippen molar-refractivity contribution in [3.05, 3.63) is 22.4 Å². The summed E-state index contributed by atoms with van der Waals surface area (Å²) in [6.45, 7) is 0.860. The molecule has 2 aliphatic carbocycles. The van der Waals surface area contributed by atoms with Crippen LogP contribution in [0.5, 0.6) is 5.75 Å². The molecule has 0 bridgehead atoms. The Morgan fingerprint density at radius 3 is 3.00 bits per heavy atom. The average Bonchev–Trinajstić information content (AvgIpc) is 3.03. The van der Waals surface area contributed by atoms with Crippen LogP contribution >= 0.6 is 15.9 Å². The van der Waals surface area contributed by atoms with Gasteiger partial charge in [0.2, 0.25) is 0 Å². The smallest absolute Gasteiger partial charge is 0.142 e. The lowest BCUT2D eigenvalue weighted by atomic mass is 10.0. The second-order valence-electron chi connectivity index (χ2n) is 5.49. The van der Waals surface area contributed by atoms with Gasteiger partial charge in [0.1, 0.15) is 5.75 Å². The maximum Gasteiger partial charge on any atom is 0.142 e. The first kappa shape index (κ1) is 12.4. The highest BCUT2D eigenvalue weighted by molar-refractivity contribution is 9.10. The van der Waals surface area contributed by atoms with Crippen LogP contribution in [0.25, 0.3) is 0 Å². The van der Waals surface area contributed by atoms with Gasteiger partial charge >= 0.3 is 0 Å². The fourth-order valence-electron chi connectivity index (χ4n) is 3.23.